The summed E-state index contributed by atoms with van der Waals surface area (Å²) in [6, 6.07) is 5.62. The van der Waals surface area contributed by atoms with Gasteiger partial charge in [0.25, 0.3) is 0 Å². The van der Waals surface area contributed by atoms with Gasteiger partial charge in [-0.25, -0.2) is 0 Å². The molecule has 0 bridgehead atoms. The first-order chi connectivity index (χ1) is 8.36. The second-order valence-electron chi connectivity index (χ2n) is 3.85. The first-order valence-corrected chi connectivity index (χ1v) is 5.93. The molecule has 0 fully saturated rings. The molecule has 0 aliphatic carbocycles. The van der Waals surface area contributed by atoms with Crippen LogP contribution in [0.25, 0.3) is 0 Å². The average Bonchev–Trinajstić information content (AvgIpc) is 2.70. The molecule has 2 rings (SSSR count). The summed E-state index contributed by atoms with van der Waals surface area (Å²) in [6.45, 7) is 3.82. The van der Waals surface area contributed by atoms with Crippen molar-refractivity contribution in [3.05, 3.63) is 34.3 Å². The Morgan fingerprint density at radius 2 is 1.89 bits per heavy atom. The Labute approximate surface area is 106 Å². The molecular weight excluding hydrogens is 263 g/mol. The molecule has 0 spiro atoms. The van der Waals surface area contributed by atoms with Gasteiger partial charge >= 0.3 is 6.18 Å². The highest BCUT2D eigenvalue weighted by atomic mass is 32.1. The molecule has 0 aliphatic rings. The van der Waals surface area contributed by atoms with Gasteiger partial charge in [0.15, 0.2) is 0 Å². The third kappa shape index (κ3) is 2.79. The van der Waals surface area contributed by atoms with Crippen LogP contribution in [0.4, 0.5) is 24.0 Å². The maximum absolute atomic E-state index is 12.4. The van der Waals surface area contributed by atoms with Crippen LogP contribution in [-0.4, -0.2) is 10.2 Å². The number of aromatic nitrogens is 2. The highest BCUT2D eigenvalue weighted by molar-refractivity contribution is 7.15. The fourth-order valence-corrected chi connectivity index (χ4v) is 2.08. The minimum Gasteiger partial charge on any atom is -0.330 e. The first kappa shape index (κ1) is 12.8. The molecule has 1 N–H and O–H groups in total. The van der Waals surface area contributed by atoms with Crippen LogP contribution in [0.2, 0.25) is 0 Å². The van der Waals surface area contributed by atoms with Gasteiger partial charge in [0.05, 0.1) is 0 Å². The van der Waals surface area contributed by atoms with Crippen LogP contribution in [0.5, 0.6) is 0 Å². The van der Waals surface area contributed by atoms with Gasteiger partial charge in [-0.05, 0) is 25.5 Å². The Balaban J connectivity index is 2.21. The maximum atomic E-state index is 12.4. The van der Waals surface area contributed by atoms with Crippen molar-refractivity contribution in [1.29, 1.82) is 0 Å². The lowest BCUT2D eigenvalue weighted by Gasteiger charge is -2.06. The summed E-state index contributed by atoms with van der Waals surface area (Å²) in [5.74, 6) is 0. The predicted molar refractivity (Wildman–Crippen MR) is 64.1 cm³/mol. The lowest BCUT2D eigenvalue weighted by Crippen LogP contribution is -2.03. The van der Waals surface area contributed by atoms with Crippen molar-refractivity contribution >= 4 is 22.2 Å². The number of nitrogens with one attached hydrogen (secondary N) is 1. The highest BCUT2D eigenvalue weighted by Crippen LogP contribution is 2.34. The van der Waals surface area contributed by atoms with E-state index in [1.807, 2.05) is 26.0 Å². The number of benzene rings is 1. The number of nitrogens with zero attached hydrogens (tertiary/aromatic N) is 2. The maximum Gasteiger partial charge on any atom is 0.445 e. The molecule has 1 aromatic heterocycles. The molecule has 0 aliphatic heterocycles. The molecule has 0 atom stereocenters. The molecular formula is C11H10F3N3S. The zero-order valence-corrected chi connectivity index (χ0v) is 10.5. The van der Waals surface area contributed by atoms with Crippen LogP contribution < -0.4 is 5.32 Å². The molecule has 18 heavy (non-hydrogen) atoms. The molecule has 1 heterocycles. The smallest absolute Gasteiger partial charge is 0.330 e. The van der Waals surface area contributed by atoms with Crippen molar-refractivity contribution in [1.82, 2.24) is 10.2 Å². The molecule has 0 unspecified atom stereocenters. The van der Waals surface area contributed by atoms with Crippen LogP contribution in [-0.2, 0) is 6.18 Å². The van der Waals surface area contributed by atoms with Crippen molar-refractivity contribution in [2.45, 2.75) is 20.0 Å². The van der Waals surface area contributed by atoms with Crippen LogP contribution in [0.1, 0.15) is 16.1 Å². The first-order valence-electron chi connectivity index (χ1n) is 5.11. The van der Waals surface area contributed by atoms with E-state index in [4.69, 9.17) is 0 Å². The van der Waals surface area contributed by atoms with Crippen LogP contribution >= 0.6 is 11.3 Å². The van der Waals surface area contributed by atoms with Gasteiger partial charge in [-0.3, -0.25) is 0 Å². The Morgan fingerprint density at radius 1 is 1.17 bits per heavy atom. The standard InChI is InChI=1S/C11H10F3N3S/c1-6-3-4-8(7(2)5-6)15-10-17-16-9(18-10)11(12,13)14/h3-5H,1-2H3,(H,15,17). The Hall–Kier alpha value is -1.63. The molecule has 1 aromatic carbocycles. The number of hydrogen-bond donors (Lipinski definition) is 1. The van der Waals surface area contributed by atoms with Crippen LogP contribution in [0, 0.1) is 13.8 Å². The van der Waals surface area contributed by atoms with E-state index in [1.165, 1.54) is 0 Å². The van der Waals surface area contributed by atoms with Gasteiger partial charge < -0.3 is 5.32 Å². The zero-order chi connectivity index (χ0) is 13.3. The van der Waals surface area contributed by atoms with E-state index >= 15 is 0 Å². The molecule has 0 saturated heterocycles. The van der Waals surface area contributed by atoms with Crippen molar-refractivity contribution < 1.29 is 13.2 Å². The molecule has 7 heteroatoms. The number of aryl methyl sites for hydroxylation is 2. The number of alkyl halides is 3. The Morgan fingerprint density at radius 3 is 2.44 bits per heavy atom. The Bertz CT molecular complexity index is 563. The summed E-state index contributed by atoms with van der Waals surface area (Å²) in [4.78, 5) is 0. The fourth-order valence-electron chi connectivity index (χ4n) is 1.46. The van der Waals surface area contributed by atoms with Crippen molar-refractivity contribution in [2.75, 3.05) is 5.32 Å². The van der Waals surface area contributed by atoms with E-state index in [0.29, 0.717) is 11.3 Å². The van der Waals surface area contributed by atoms with Gasteiger partial charge in [-0.15, -0.1) is 10.2 Å². The van der Waals surface area contributed by atoms with Crippen LogP contribution in [0.15, 0.2) is 18.2 Å². The second kappa shape index (κ2) is 4.56. The zero-order valence-electron chi connectivity index (χ0n) is 9.67. The topological polar surface area (TPSA) is 37.8 Å². The molecule has 3 nitrogen and oxygen atoms in total. The molecule has 0 amide bonds. The van der Waals surface area contributed by atoms with Gasteiger partial charge in [0, 0.05) is 5.69 Å². The summed E-state index contributed by atoms with van der Waals surface area (Å²) < 4.78 is 37.1. The van der Waals surface area contributed by atoms with E-state index in [9.17, 15) is 13.2 Å². The monoisotopic (exact) mass is 273 g/mol. The molecule has 96 valence electrons. The number of rotatable bonds is 2. The van der Waals surface area contributed by atoms with Crippen molar-refractivity contribution in [3.63, 3.8) is 0 Å². The highest BCUT2D eigenvalue weighted by Gasteiger charge is 2.35. The molecule has 2 aromatic rings. The van der Waals surface area contributed by atoms with E-state index in [-0.39, 0.29) is 5.13 Å². The summed E-state index contributed by atoms with van der Waals surface area (Å²) >= 11 is 0.489. The SMILES string of the molecule is Cc1ccc(Nc2nnc(C(F)(F)F)s2)c(C)c1. The molecule has 0 radical (unpaired) electrons. The minimum atomic E-state index is -4.44. The van der Waals surface area contributed by atoms with Gasteiger partial charge in [0.1, 0.15) is 0 Å². The lowest BCUT2D eigenvalue weighted by molar-refractivity contribution is -0.138. The van der Waals surface area contributed by atoms with E-state index in [0.717, 1.165) is 16.8 Å². The predicted octanol–water partition coefficient (Wildman–Crippen LogP) is 3.92. The van der Waals surface area contributed by atoms with Crippen LogP contribution in [0.3, 0.4) is 0 Å². The summed E-state index contributed by atoms with van der Waals surface area (Å²) in [7, 11) is 0. The van der Waals surface area contributed by atoms with E-state index in [2.05, 4.69) is 15.5 Å². The van der Waals surface area contributed by atoms with Gasteiger partial charge in [-0.2, -0.15) is 13.2 Å². The normalized spacial score (nSPS) is 11.6. The largest absolute Gasteiger partial charge is 0.445 e. The summed E-state index contributed by atoms with van der Waals surface area (Å²) in [6.07, 6.45) is -4.44. The van der Waals surface area contributed by atoms with E-state index in [1.54, 1.807) is 6.07 Å². The number of anilines is 2. The summed E-state index contributed by atoms with van der Waals surface area (Å²) in [5.41, 5.74) is 2.76. The number of hydrogen-bond acceptors (Lipinski definition) is 4. The third-order valence-corrected chi connectivity index (χ3v) is 3.17. The van der Waals surface area contributed by atoms with Gasteiger partial charge in [0.2, 0.25) is 10.1 Å². The van der Waals surface area contributed by atoms with E-state index < -0.39 is 11.2 Å². The summed E-state index contributed by atoms with van der Waals surface area (Å²) in [5, 5.41) is 8.61. The second-order valence-corrected chi connectivity index (χ2v) is 4.83. The molecule has 0 saturated carbocycles. The minimum absolute atomic E-state index is 0.134. The fraction of sp³-hybridized carbons (Fsp3) is 0.273. The van der Waals surface area contributed by atoms with Crippen molar-refractivity contribution in [3.8, 4) is 0 Å². The van der Waals surface area contributed by atoms with Gasteiger partial charge in [-0.1, -0.05) is 29.0 Å². The third-order valence-electron chi connectivity index (χ3n) is 2.29. The lowest BCUT2D eigenvalue weighted by atomic mass is 10.1. The van der Waals surface area contributed by atoms with Crippen molar-refractivity contribution in [2.24, 2.45) is 0 Å². The quantitative estimate of drug-likeness (QED) is 0.901. The average molecular weight is 273 g/mol. The number of halogens is 3. The Kier molecular flexibility index (Phi) is 3.25.